The van der Waals surface area contributed by atoms with Crippen molar-refractivity contribution in [3.63, 3.8) is 0 Å². The second-order valence-corrected chi connectivity index (χ2v) is 10.8. The molecule has 0 heterocycles. The first kappa shape index (κ1) is 25.4. The van der Waals surface area contributed by atoms with Gasteiger partial charge in [0.1, 0.15) is 5.75 Å². The number of carbonyl (C=O) groups is 1. The van der Waals surface area contributed by atoms with Crippen LogP contribution >= 0.6 is 0 Å². The molecule has 180 valence electrons. The molecule has 3 aromatic carbocycles. The van der Waals surface area contributed by atoms with E-state index < -0.39 is 26.0 Å². The van der Waals surface area contributed by atoms with Gasteiger partial charge in [0, 0.05) is 13.1 Å². The van der Waals surface area contributed by atoms with Gasteiger partial charge in [0.05, 0.1) is 9.79 Å². The van der Waals surface area contributed by atoms with Crippen LogP contribution in [0.4, 0.5) is 0 Å². The van der Waals surface area contributed by atoms with Gasteiger partial charge in [-0.25, -0.2) is 26.7 Å². The summed E-state index contributed by atoms with van der Waals surface area (Å²) < 4.78 is 55.8. The molecule has 34 heavy (non-hydrogen) atoms. The molecule has 1 amide bonds. The number of benzene rings is 3. The average molecular weight is 504 g/mol. The highest BCUT2D eigenvalue weighted by Gasteiger charge is 2.16. The number of rotatable bonds is 10. The summed E-state index contributed by atoms with van der Waals surface area (Å²) in [6.45, 7) is 1.77. The van der Waals surface area contributed by atoms with E-state index in [9.17, 15) is 21.6 Å². The SMILES string of the molecule is Cc1cc(S(=O)(=O)NCc2ccccc2)ccc1OCC(=O)NCc1ccc(S(N)(=O)=O)cc1. The lowest BCUT2D eigenvalue weighted by atomic mass is 10.2. The average Bonchev–Trinajstić information content (AvgIpc) is 2.81. The summed E-state index contributed by atoms with van der Waals surface area (Å²) in [5, 5.41) is 7.72. The number of hydrogen-bond acceptors (Lipinski definition) is 6. The summed E-state index contributed by atoms with van der Waals surface area (Å²) in [4.78, 5) is 12.2. The predicted octanol–water partition coefficient (Wildman–Crippen LogP) is 1.82. The molecule has 3 rings (SSSR count). The van der Waals surface area contributed by atoms with Gasteiger partial charge in [-0.3, -0.25) is 4.79 Å². The first-order valence-electron chi connectivity index (χ1n) is 10.2. The standard InChI is InChI=1S/C23H25N3O6S2/c1-17-13-21(34(30,31)26-15-18-5-3-2-4-6-18)11-12-22(17)32-16-23(27)25-14-19-7-9-20(10-8-19)33(24,28)29/h2-13,26H,14-16H2,1H3,(H,25,27)(H2,24,28,29). The fourth-order valence-electron chi connectivity index (χ4n) is 3.00. The number of ether oxygens (including phenoxy) is 1. The van der Waals surface area contributed by atoms with E-state index in [0.29, 0.717) is 16.9 Å². The van der Waals surface area contributed by atoms with Crippen LogP contribution in [0, 0.1) is 6.92 Å². The fourth-order valence-corrected chi connectivity index (χ4v) is 4.62. The van der Waals surface area contributed by atoms with Crippen LogP contribution in [0.2, 0.25) is 0 Å². The smallest absolute Gasteiger partial charge is 0.258 e. The van der Waals surface area contributed by atoms with Gasteiger partial charge in [-0.15, -0.1) is 0 Å². The van der Waals surface area contributed by atoms with Crippen molar-refractivity contribution in [3.05, 3.63) is 89.5 Å². The van der Waals surface area contributed by atoms with Crippen molar-refractivity contribution in [1.29, 1.82) is 0 Å². The van der Waals surface area contributed by atoms with Gasteiger partial charge in [-0.05, 0) is 53.9 Å². The van der Waals surface area contributed by atoms with Crippen LogP contribution < -0.4 is 19.9 Å². The summed E-state index contributed by atoms with van der Waals surface area (Å²) in [5.74, 6) is -0.00851. The third-order valence-electron chi connectivity index (χ3n) is 4.87. The van der Waals surface area contributed by atoms with Crippen LogP contribution in [0.15, 0.2) is 82.6 Å². The third kappa shape index (κ3) is 7.12. The topological polar surface area (TPSA) is 145 Å². The maximum atomic E-state index is 12.6. The van der Waals surface area contributed by atoms with Crippen molar-refractivity contribution in [2.24, 2.45) is 5.14 Å². The fraction of sp³-hybridized carbons (Fsp3) is 0.174. The van der Waals surface area contributed by atoms with Crippen molar-refractivity contribution in [2.45, 2.75) is 29.8 Å². The molecule has 0 saturated heterocycles. The Bertz CT molecular complexity index is 1360. The van der Waals surface area contributed by atoms with E-state index in [0.717, 1.165) is 5.56 Å². The molecule has 3 aromatic rings. The largest absolute Gasteiger partial charge is 0.484 e. The third-order valence-corrected chi connectivity index (χ3v) is 7.19. The first-order chi connectivity index (χ1) is 16.0. The van der Waals surface area contributed by atoms with E-state index >= 15 is 0 Å². The van der Waals surface area contributed by atoms with Crippen molar-refractivity contribution >= 4 is 26.0 Å². The first-order valence-corrected chi connectivity index (χ1v) is 13.2. The van der Waals surface area contributed by atoms with Gasteiger partial charge < -0.3 is 10.1 Å². The van der Waals surface area contributed by atoms with Crippen LogP contribution in [-0.4, -0.2) is 29.3 Å². The molecule has 0 fully saturated rings. The molecular weight excluding hydrogens is 478 g/mol. The summed E-state index contributed by atoms with van der Waals surface area (Å²) in [6, 6.07) is 19.4. The molecule has 9 nitrogen and oxygen atoms in total. The van der Waals surface area contributed by atoms with Crippen LogP contribution in [0.5, 0.6) is 5.75 Å². The van der Waals surface area contributed by atoms with E-state index in [2.05, 4.69) is 10.0 Å². The van der Waals surface area contributed by atoms with Crippen LogP contribution in [0.3, 0.4) is 0 Å². The van der Waals surface area contributed by atoms with Crippen molar-refractivity contribution < 1.29 is 26.4 Å². The van der Waals surface area contributed by atoms with Crippen LogP contribution in [-0.2, 0) is 37.9 Å². The Morgan fingerprint density at radius 2 is 1.47 bits per heavy atom. The number of amides is 1. The summed E-state index contributed by atoms with van der Waals surface area (Å²) in [7, 11) is -7.48. The lowest BCUT2D eigenvalue weighted by Crippen LogP contribution is -2.28. The minimum absolute atomic E-state index is 0.0119. The van der Waals surface area contributed by atoms with Gasteiger partial charge in [-0.1, -0.05) is 42.5 Å². The van der Waals surface area contributed by atoms with Crippen LogP contribution in [0.25, 0.3) is 0 Å². The van der Waals surface area contributed by atoms with Gasteiger partial charge in [0.25, 0.3) is 5.91 Å². The number of carbonyl (C=O) groups excluding carboxylic acids is 1. The Balaban J connectivity index is 1.52. The minimum Gasteiger partial charge on any atom is -0.484 e. The molecule has 0 saturated carbocycles. The Morgan fingerprint density at radius 3 is 2.09 bits per heavy atom. The predicted molar refractivity (Wildman–Crippen MR) is 127 cm³/mol. The molecule has 0 unspecified atom stereocenters. The molecule has 0 aliphatic carbocycles. The Hall–Kier alpha value is -3.25. The highest BCUT2D eigenvalue weighted by molar-refractivity contribution is 7.89. The normalized spacial score (nSPS) is 11.7. The molecule has 0 aromatic heterocycles. The molecular formula is C23H25N3O6S2. The zero-order chi connectivity index (χ0) is 24.8. The molecule has 0 radical (unpaired) electrons. The number of nitrogens with one attached hydrogen (secondary N) is 2. The molecule has 0 spiro atoms. The monoisotopic (exact) mass is 503 g/mol. The number of primary sulfonamides is 1. The van der Waals surface area contributed by atoms with E-state index in [1.165, 1.54) is 30.3 Å². The lowest BCUT2D eigenvalue weighted by molar-refractivity contribution is -0.123. The summed E-state index contributed by atoms with van der Waals surface area (Å²) >= 11 is 0. The maximum absolute atomic E-state index is 12.6. The number of aryl methyl sites for hydroxylation is 1. The highest BCUT2D eigenvalue weighted by Crippen LogP contribution is 2.22. The summed E-state index contributed by atoms with van der Waals surface area (Å²) in [6.07, 6.45) is 0. The van der Waals surface area contributed by atoms with Gasteiger partial charge in [0.15, 0.2) is 6.61 Å². The number of sulfonamides is 2. The molecule has 0 aliphatic heterocycles. The highest BCUT2D eigenvalue weighted by atomic mass is 32.2. The van der Waals surface area contributed by atoms with Crippen LogP contribution in [0.1, 0.15) is 16.7 Å². The van der Waals surface area contributed by atoms with E-state index in [4.69, 9.17) is 9.88 Å². The number of hydrogen-bond donors (Lipinski definition) is 3. The number of nitrogens with two attached hydrogens (primary N) is 1. The Morgan fingerprint density at radius 1 is 0.853 bits per heavy atom. The molecule has 4 N–H and O–H groups in total. The van der Waals surface area contributed by atoms with E-state index in [1.807, 2.05) is 30.3 Å². The van der Waals surface area contributed by atoms with Gasteiger partial charge in [-0.2, -0.15) is 0 Å². The molecule has 0 bridgehead atoms. The zero-order valence-corrected chi connectivity index (χ0v) is 20.0. The van der Waals surface area contributed by atoms with Crippen molar-refractivity contribution in [1.82, 2.24) is 10.0 Å². The van der Waals surface area contributed by atoms with Crippen molar-refractivity contribution in [2.75, 3.05) is 6.61 Å². The van der Waals surface area contributed by atoms with E-state index in [1.54, 1.807) is 19.1 Å². The maximum Gasteiger partial charge on any atom is 0.258 e. The van der Waals surface area contributed by atoms with Gasteiger partial charge >= 0.3 is 0 Å². The Labute approximate surface area is 199 Å². The minimum atomic E-state index is -3.77. The second-order valence-electron chi connectivity index (χ2n) is 7.49. The van der Waals surface area contributed by atoms with Crippen molar-refractivity contribution in [3.8, 4) is 5.75 Å². The lowest BCUT2D eigenvalue weighted by Gasteiger charge is -2.12. The van der Waals surface area contributed by atoms with Gasteiger partial charge in [0.2, 0.25) is 20.0 Å². The Kier molecular flexibility index (Phi) is 8.05. The van der Waals surface area contributed by atoms with E-state index in [-0.39, 0.29) is 29.5 Å². The molecule has 0 atom stereocenters. The summed E-state index contributed by atoms with van der Waals surface area (Å²) in [5.41, 5.74) is 2.09. The quantitative estimate of drug-likeness (QED) is 0.385. The molecule has 0 aliphatic rings. The second kappa shape index (κ2) is 10.8. The zero-order valence-electron chi connectivity index (χ0n) is 18.4. The molecule has 11 heteroatoms.